The molecule has 0 spiro atoms. The van der Waals surface area contributed by atoms with Crippen LogP contribution < -0.4 is 4.72 Å². The second-order valence-electron chi connectivity index (χ2n) is 6.81. The molecule has 1 aromatic rings. The third kappa shape index (κ3) is 4.80. The number of hydrogen-bond donors (Lipinski definition) is 1. The number of carbonyl (C=O) groups is 1. The minimum atomic E-state index is -3.67. The van der Waals surface area contributed by atoms with Crippen LogP contribution in [0.2, 0.25) is 0 Å². The van der Waals surface area contributed by atoms with E-state index in [2.05, 4.69) is 4.72 Å². The number of methoxy groups -OCH3 is 1. The van der Waals surface area contributed by atoms with Crippen molar-refractivity contribution < 1.29 is 17.9 Å². The molecular weight excluding hydrogens is 340 g/mol. The number of nitrogens with zero attached hydrogens (tertiary/aromatic N) is 1. The Labute approximate surface area is 150 Å². The van der Waals surface area contributed by atoms with Gasteiger partial charge in [0.15, 0.2) is 0 Å². The fraction of sp³-hybridized carbons (Fsp3) is 0.611. The molecule has 0 bridgehead atoms. The zero-order valence-electron chi connectivity index (χ0n) is 15.2. The van der Waals surface area contributed by atoms with Crippen LogP contribution in [0.15, 0.2) is 29.2 Å². The van der Waals surface area contributed by atoms with E-state index in [4.69, 9.17) is 4.74 Å². The molecule has 7 heteroatoms. The van der Waals surface area contributed by atoms with Crippen LogP contribution in [0, 0.1) is 5.41 Å². The van der Waals surface area contributed by atoms with Crippen LogP contribution in [-0.2, 0) is 14.8 Å². The van der Waals surface area contributed by atoms with E-state index in [1.807, 2.05) is 6.92 Å². The van der Waals surface area contributed by atoms with Gasteiger partial charge in [0.25, 0.3) is 5.91 Å². The Balaban J connectivity index is 2.15. The van der Waals surface area contributed by atoms with Gasteiger partial charge in [-0.15, -0.1) is 0 Å². The van der Waals surface area contributed by atoms with Crippen molar-refractivity contribution in [3.63, 3.8) is 0 Å². The fourth-order valence-electron chi connectivity index (χ4n) is 3.30. The fourth-order valence-corrected chi connectivity index (χ4v) is 4.50. The van der Waals surface area contributed by atoms with Crippen LogP contribution >= 0.6 is 0 Å². The number of benzene rings is 1. The molecule has 1 aromatic carbocycles. The molecule has 0 aliphatic heterocycles. The Kier molecular flexibility index (Phi) is 6.59. The molecule has 0 aromatic heterocycles. The van der Waals surface area contributed by atoms with Gasteiger partial charge in [0, 0.05) is 38.2 Å². The number of rotatable bonds is 8. The largest absolute Gasteiger partial charge is 0.384 e. The number of amides is 1. The van der Waals surface area contributed by atoms with E-state index in [-0.39, 0.29) is 16.2 Å². The lowest BCUT2D eigenvalue weighted by atomic mass is 9.87. The molecule has 1 aliphatic rings. The number of hydrogen-bond acceptors (Lipinski definition) is 4. The van der Waals surface area contributed by atoms with Crippen molar-refractivity contribution in [2.45, 2.75) is 37.5 Å². The summed E-state index contributed by atoms with van der Waals surface area (Å²) in [7, 11) is -0.331. The molecule has 0 heterocycles. The minimum absolute atomic E-state index is 0.119. The molecular formula is C18H28N2O4S. The lowest BCUT2D eigenvalue weighted by Gasteiger charge is -2.28. The summed E-state index contributed by atoms with van der Waals surface area (Å²) in [6.07, 6.45) is 4.11. The highest BCUT2D eigenvalue weighted by Crippen LogP contribution is 2.38. The van der Waals surface area contributed by atoms with Crippen LogP contribution in [-0.4, -0.2) is 53.1 Å². The smallest absolute Gasteiger partial charge is 0.253 e. The van der Waals surface area contributed by atoms with Crippen molar-refractivity contribution in [2.75, 3.05) is 33.9 Å². The molecule has 1 amide bonds. The van der Waals surface area contributed by atoms with E-state index in [1.54, 1.807) is 31.2 Å². The summed E-state index contributed by atoms with van der Waals surface area (Å²) >= 11 is 0. The molecule has 1 N–H and O–H groups in total. The van der Waals surface area contributed by atoms with Gasteiger partial charge in [-0.1, -0.05) is 18.9 Å². The summed E-state index contributed by atoms with van der Waals surface area (Å²) in [6.45, 7) is 3.34. The first-order valence-electron chi connectivity index (χ1n) is 8.68. The quantitative estimate of drug-likeness (QED) is 0.764. The van der Waals surface area contributed by atoms with Gasteiger partial charge >= 0.3 is 0 Å². The molecule has 0 saturated heterocycles. The first kappa shape index (κ1) is 19.9. The molecule has 2 rings (SSSR count). The van der Waals surface area contributed by atoms with Gasteiger partial charge in [-0.3, -0.25) is 4.79 Å². The highest BCUT2D eigenvalue weighted by molar-refractivity contribution is 7.89. The SMILES string of the molecule is CCN(C)C(=O)c1cccc(S(=O)(=O)NCC2(COC)CCCC2)c1. The maximum absolute atomic E-state index is 12.7. The van der Waals surface area contributed by atoms with Crippen LogP contribution in [0.3, 0.4) is 0 Å². The molecule has 1 aliphatic carbocycles. The Morgan fingerprint density at radius 2 is 2.00 bits per heavy atom. The van der Waals surface area contributed by atoms with Gasteiger partial charge in [-0.05, 0) is 38.0 Å². The third-order valence-corrected chi connectivity index (χ3v) is 6.36. The van der Waals surface area contributed by atoms with E-state index in [1.165, 1.54) is 12.1 Å². The van der Waals surface area contributed by atoms with Crippen molar-refractivity contribution in [3.05, 3.63) is 29.8 Å². The third-order valence-electron chi connectivity index (χ3n) is 4.96. The molecule has 6 nitrogen and oxygen atoms in total. The second-order valence-corrected chi connectivity index (χ2v) is 8.58. The van der Waals surface area contributed by atoms with E-state index in [9.17, 15) is 13.2 Å². The van der Waals surface area contributed by atoms with Gasteiger partial charge in [0.05, 0.1) is 11.5 Å². The van der Waals surface area contributed by atoms with E-state index in [0.29, 0.717) is 25.3 Å². The van der Waals surface area contributed by atoms with Crippen LogP contribution in [0.4, 0.5) is 0 Å². The maximum Gasteiger partial charge on any atom is 0.253 e. The standard InChI is InChI=1S/C18H28N2O4S/c1-4-20(2)17(21)15-8-7-9-16(12-15)25(22,23)19-13-18(14-24-3)10-5-6-11-18/h7-9,12,19H,4-6,10-11,13-14H2,1-3H3. The number of sulfonamides is 1. The summed E-state index contributed by atoms with van der Waals surface area (Å²) in [5.41, 5.74) is 0.247. The zero-order chi connectivity index (χ0) is 18.5. The topological polar surface area (TPSA) is 75.7 Å². The average molecular weight is 368 g/mol. The van der Waals surface area contributed by atoms with E-state index >= 15 is 0 Å². The Morgan fingerprint density at radius 1 is 1.32 bits per heavy atom. The summed E-state index contributed by atoms with van der Waals surface area (Å²) in [6, 6.07) is 6.19. The summed E-state index contributed by atoms with van der Waals surface area (Å²) in [5, 5.41) is 0. The average Bonchev–Trinajstić information content (AvgIpc) is 3.08. The van der Waals surface area contributed by atoms with Gasteiger partial charge in [0.1, 0.15) is 0 Å². The lowest BCUT2D eigenvalue weighted by Crippen LogP contribution is -2.38. The Bertz CT molecular complexity index is 697. The summed E-state index contributed by atoms with van der Waals surface area (Å²) in [4.78, 5) is 13.9. The molecule has 25 heavy (non-hydrogen) atoms. The number of nitrogens with one attached hydrogen (secondary N) is 1. The monoisotopic (exact) mass is 368 g/mol. The number of carbonyl (C=O) groups excluding carboxylic acids is 1. The molecule has 0 unspecified atom stereocenters. The maximum atomic E-state index is 12.7. The Morgan fingerprint density at radius 3 is 2.60 bits per heavy atom. The van der Waals surface area contributed by atoms with Gasteiger partial charge in [-0.2, -0.15) is 0 Å². The van der Waals surface area contributed by atoms with Gasteiger partial charge < -0.3 is 9.64 Å². The first-order valence-corrected chi connectivity index (χ1v) is 10.2. The molecule has 0 atom stereocenters. The van der Waals surface area contributed by atoms with Crippen molar-refractivity contribution in [1.29, 1.82) is 0 Å². The van der Waals surface area contributed by atoms with Crippen molar-refractivity contribution >= 4 is 15.9 Å². The number of ether oxygens (including phenoxy) is 1. The van der Waals surface area contributed by atoms with E-state index < -0.39 is 10.0 Å². The second kappa shape index (κ2) is 8.29. The predicted molar refractivity (Wildman–Crippen MR) is 97.0 cm³/mol. The Hall–Kier alpha value is -1.44. The predicted octanol–water partition coefficient (Wildman–Crippen LogP) is 2.26. The highest BCUT2D eigenvalue weighted by Gasteiger charge is 2.35. The lowest BCUT2D eigenvalue weighted by molar-refractivity contribution is 0.0802. The molecule has 140 valence electrons. The molecule has 0 radical (unpaired) electrons. The summed E-state index contributed by atoms with van der Waals surface area (Å²) in [5.74, 6) is -0.189. The van der Waals surface area contributed by atoms with Crippen LogP contribution in [0.1, 0.15) is 43.0 Å². The van der Waals surface area contributed by atoms with Crippen molar-refractivity contribution in [2.24, 2.45) is 5.41 Å². The van der Waals surface area contributed by atoms with Crippen LogP contribution in [0.5, 0.6) is 0 Å². The van der Waals surface area contributed by atoms with Crippen LogP contribution in [0.25, 0.3) is 0 Å². The minimum Gasteiger partial charge on any atom is -0.384 e. The normalized spacial score (nSPS) is 16.8. The summed E-state index contributed by atoms with van der Waals surface area (Å²) < 4.78 is 33.4. The van der Waals surface area contributed by atoms with Crippen molar-refractivity contribution in [3.8, 4) is 0 Å². The van der Waals surface area contributed by atoms with Gasteiger partial charge in [-0.25, -0.2) is 13.1 Å². The molecule has 1 saturated carbocycles. The highest BCUT2D eigenvalue weighted by atomic mass is 32.2. The molecule has 1 fully saturated rings. The van der Waals surface area contributed by atoms with Crippen molar-refractivity contribution in [1.82, 2.24) is 9.62 Å². The first-order chi connectivity index (χ1) is 11.8. The van der Waals surface area contributed by atoms with Gasteiger partial charge in [0.2, 0.25) is 10.0 Å². The van der Waals surface area contributed by atoms with E-state index in [0.717, 1.165) is 25.7 Å². The zero-order valence-corrected chi connectivity index (χ0v) is 16.1.